The summed E-state index contributed by atoms with van der Waals surface area (Å²) in [5.74, 6) is 0.589. The van der Waals surface area contributed by atoms with Crippen LogP contribution in [0.25, 0.3) is 0 Å². The van der Waals surface area contributed by atoms with Gasteiger partial charge >= 0.3 is 6.03 Å². The number of likely N-dealkylation sites (tertiary alicyclic amines) is 1. The van der Waals surface area contributed by atoms with Crippen LogP contribution in [0, 0.1) is 5.92 Å². The smallest absolute Gasteiger partial charge is 0.315 e. The van der Waals surface area contributed by atoms with Gasteiger partial charge in [0.2, 0.25) is 5.91 Å². The first-order valence-electron chi connectivity index (χ1n) is 10.6. The molecule has 0 radical (unpaired) electrons. The Morgan fingerprint density at radius 1 is 1.32 bits per heavy atom. The highest BCUT2D eigenvalue weighted by Crippen LogP contribution is 2.42. The lowest BCUT2D eigenvalue weighted by Crippen LogP contribution is -2.44. The largest absolute Gasteiger partial charge is 0.392 e. The predicted molar refractivity (Wildman–Crippen MR) is 104 cm³/mol. The van der Waals surface area contributed by atoms with Crippen LogP contribution in [-0.4, -0.2) is 63.7 Å². The van der Waals surface area contributed by atoms with Crippen LogP contribution in [0.1, 0.15) is 68.8 Å². The quantitative estimate of drug-likeness (QED) is 0.590. The number of nitrogens with zero attached hydrogens (tertiary/aromatic N) is 2. The summed E-state index contributed by atoms with van der Waals surface area (Å²) in [7, 11) is 0. The highest BCUT2D eigenvalue weighted by Gasteiger charge is 2.49. The normalized spacial score (nSPS) is 29.9. The van der Waals surface area contributed by atoms with Crippen LogP contribution in [0.4, 0.5) is 4.79 Å². The van der Waals surface area contributed by atoms with Gasteiger partial charge in [0.05, 0.1) is 12.0 Å². The van der Waals surface area contributed by atoms with Gasteiger partial charge in [-0.1, -0.05) is 6.92 Å². The van der Waals surface area contributed by atoms with Crippen molar-refractivity contribution in [2.24, 2.45) is 5.92 Å². The van der Waals surface area contributed by atoms with Crippen molar-refractivity contribution in [1.29, 1.82) is 0 Å². The van der Waals surface area contributed by atoms with Crippen LogP contribution in [0.5, 0.6) is 0 Å². The van der Waals surface area contributed by atoms with E-state index in [1.807, 2.05) is 11.8 Å². The minimum absolute atomic E-state index is 0.00944. The summed E-state index contributed by atoms with van der Waals surface area (Å²) in [6, 6.07) is -0.559. The monoisotopic (exact) mass is 389 g/mol. The Morgan fingerprint density at radius 3 is 2.75 bits per heavy atom. The van der Waals surface area contributed by atoms with Gasteiger partial charge in [-0.3, -0.25) is 4.79 Å². The number of rotatable bonds is 6. The Morgan fingerprint density at radius 2 is 2.07 bits per heavy atom. The molecule has 0 aromatic carbocycles. The number of hydrogen-bond acceptors (Lipinski definition) is 4. The first-order valence-corrected chi connectivity index (χ1v) is 10.6. The lowest BCUT2D eigenvalue weighted by Gasteiger charge is -2.24. The molecule has 0 spiro atoms. The molecule has 8 heteroatoms. The number of hydrogen-bond donors (Lipinski definition) is 4. The second-order valence-electron chi connectivity index (χ2n) is 8.40. The third kappa shape index (κ3) is 3.87. The van der Waals surface area contributed by atoms with E-state index in [-0.39, 0.29) is 23.9 Å². The molecule has 154 valence electrons. The fraction of sp³-hybridized carbons (Fsp3) is 0.750. The van der Waals surface area contributed by atoms with Crippen LogP contribution in [-0.2, 0) is 4.79 Å². The Hall–Kier alpha value is -2.09. The summed E-state index contributed by atoms with van der Waals surface area (Å²) in [6.45, 7) is 4.12. The van der Waals surface area contributed by atoms with Crippen LogP contribution >= 0.6 is 0 Å². The third-order valence-electron chi connectivity index (χ3n) is 6.25. The summed E-state index contributed by atoms with van der Waals surface area (Å²) >= 11 is 0. The molecule has 4 N–H and O–H groups in total. The maximum atomic E-state index is 13.0. The fourth-order valence-electron chi connectivity index (χ4n) is 4.56. The molecule has 2 saturated carbocycles. The van der Waals surface area contributed by atoms with Crippen LogP contribution in [0.15, 0.2) is 6.20 Å². The Bertz CT molecular complexity index is 710. The minimum atomic E-state index is -0.836. The van der Waals surface area contributed by atoms with Crippen molar-refractivity contribution in [3.63, 3.8) is 0 Å². The molecule has 28 heavy (non-hydrogen) atoms. The highest BCUT2D eigenvalue weighted by molar-refractivity contribution is 5.81. The Kier molecular flexibility index (Phi) is 5.57. The van der Waals surface area contributed by atoms with E-state index in [1.54, 1.807) is 6.20 Å². The van der Waals surface area contributed by atoms with E-state index >= 15 is 0 Å². The van der Waals surface area contributed by atoms with Gasteiger partial charge < -0.3 is 25.6 Å². The van der Waals surface area contributed by atoms with E-state index in [1.165, 1.54) is 0 Å². The van der Waals surface area contributed by atoms with Crippen molar-refractivity contribution >= 4 is 11.9 Å². The molecule has 8 nitrogen and oxygen atoms in total. The second kappa shape index (κ2) is 8.11. The highest BCUT2D eigenvalue weighted by atomic mass is 16.3. The van der Waals surface area contributed by atoms with E-state index in [9.17, 15) is 14.7 Å². The summed E-state index contributed by atoms with van der Waals surface area (Å²) in [4.78, 5) is 34.9. The second-order valence-corrected chi connectivity index (χ2v) is 8.40. The van der Waals surface area contributed by atoms with Gasteiger partial charge in [-0.25, -0.2) is 9.78 Å². The molecule has 4 rings (SSSR count). The molecule has 4 atom stereocenters. The zero-order valence-corrected chi connectivity index (χ0v) is 16.5. The number of urea groups is 1. The van der Waals surface area contributed by atoms with E-state index < -0.39 is 12.0 Å². The Labute approximate surface area is 165 Å². The maximum Gasteiger partial charge on any atom is 0.315 e. The summed E-state index contributed by atoms with van der Waals surface area (Å²) in [6.07, 6.45) is 6.54. The standard InChI is InChI=1S/C20H31N5O3/c1-2-7-21-20(28)24-14-10-13(19(27)25-8-3-4-9-25)17(26)16(14)15-11-22-18(23-15)12-5-6-12/h11-14,16-17,26H,2-10H2,1H3,(H,22,23)(H2,21,24,28)/t13-,14+,16+,17+/m0/s1. The average Bonchev–Trinajstić information content (AvgIpc) is 3.09. The molecular formula is C20H31N5O3. The van der Waals surface area contributed by atoms with Crippen LogP contribution in [0.2, 0.25) is 0 Å². The molecule has 0 unspecified atom stereocenters. The van der Waals surface area contributed by atoms with Crippen molar-refractivity contribution < 1.29 is 14.7 Å². The van der Waals surface area contributed by atoms with Gasteiger partial charge in [0.15, 0.2) is 0 Å². The van der Waals surface area contributed by atoms with Crippen molar-refractivity contribution in [3.8, 4) is 0 Å². The predicted octanol–water partition coefficient (Wildman–Crippen LogP) is 1.45. The molecule has 3 amide bonds. The van der Waals surface area contributed by atoms with Gasteiger partial charge in [0.1, 0.15) is 5.82 Å². The topological polar surface area (TPSA) is 110 Å². The number of amides is 3. The van der Waals surface area contributed by atoms with Crippen LogP contribution < -0.4 is 10.6 Å². The molecule has 3 fully saturated rings. The number of imidazole rings is 1. The number of nitrogens with one attached hydrogen (secondary N) is 3. The number of carbonyl (C=O) groups is 2. The number of H-pyrrole nitrogens is 1. The summed E-state index contributed by atoms with van der Waals surface area (Å²) in [5.41, 5.74) is 0.812. The van der Waals surface area contributed by atoms with Crippen LogP contribution in [0.3, 0.4) is 0 Å². The fourth-order valence-corrected chi connectivity index (χ4v) is 4.56. The maximum absolute atomic E-state index is 13.0. The first-order chi connectivity index (χ1) is 13.6. The number of aromatic nitrogens is 2. The molecule has 1 aromatic heterocycles. The van der Waals surface area contributed by atoms with Crippen molar-refractivity contribution in [2.75, 3.05) is 19.6 Å². The molecule has 2 heterocycles. The average molecular weight is 390 g/mol. The molecule has 3 aliphatic rings. The lowest BCUT2D eigenvalue weighted by atomic mass is 9.96. The third-order valence-corrected chi connectivity index (χ3v) is 6.25. The van der Waals surface area contributed by atoms with Crippen molar-refractivity contribution in [2.45, 2.75) is 69.4 Å². The SMILES string of the molecule is CCCNC(=O)N[C@@H]1C[C@H](C(=O)N2CCCC2)[C@@H](O)[C@H]1c1cnc(C2CC2)[nH]1. The summed E-state index contributed by atoms with van der Waals surface area (Å²) in [5, 5.41) is 16.9. The zero-order chi connectivity index (χ0) is 19.7. The molecule has 0 bridgehead atoms. The van der Waals surface area contributed by atoms with E-state index in [0.29, 0.717) is 18.9 Å². The number of carbonyl (C=O) groups excluding carboxylic acids is 2. The number of aliphatic hydroxyl groups excluding tert-OH is 1. The zero-order valence-electron chi connectivity index (χ0n) is 16.5. The molecular weight excluding hydrogens is 358 g/mol. The molecule has 1 aliphatic heterocycles. The van der Waals surface area contributed by atoms with Crippen molar-refractivity contribution in [3.05, 3.63) is 17.7 Å². The Balaban J connectivity index is 1.53. The lowest BCUT2D eigenvalue weighted by molar-refractivity contribution is -0.137. The summed E-state index contributed by atoms with van der Waals surface area (Å²) < 4.78 is 0. The van der Waals surface area contributed by atoms with Gasteiger partial charge in [0, 0.05) is 49.4 Å². The first kappa shape index (κ1) is 19.2. The number of aliphatic hydroxyl groups is 1. The van der Waals surface area contributed by atoms with Crippen molar-refractivity contribution in [1.82, 2.24) is 25.5 Å². The minimum Gasteiger partial charge on any atom is -0.392 e. The van der Waals surface area contributed by atoms with E-state index in [4.69, 9.17) is 0 Å². The molecule has 1 aromatic rings. The van der Waals surface area contributed by atoms with Gasteiger partial charge in [-0.2, -0.15) is 0 Å². The molecule has 1 saturated heterocycles. The van der Waals surface area contributed by atoms with E-state index in [0.717, 1.165) is 56.7 Å². The van der Waals surface area contributed by atoms with Gasteiger partial charge in [-0.15, -0.1) is 0 Å². The van der Waals surface area contributed by atoms with Gasteiger partial charge in [-0.05, 0) is 38.5 Å². The van der Waals surface area contributed by atoms with Gasteiger partial charge in [0.25, 0.3) is 0 Å². The van der Waals surface area contributed by atoms with E-state index in [2.05, 4.69) is 20.6 Å². The number of aromatic amines is 1. The molecule has 2 aliphatic carbocycles.